The van der Waals surface area contributed by atoms with Crippen molar-refractivity contribution in [2.24, 2.45) is 0 Å². The summed E-state index contributed by atoms with van der Waals surface area (Å²) >= 11 is 0. The van der Waals surface area contributed by atoms with Gasteiger partial charge in [0.25, 0.3) is 0 Å². The van der Waals surface area contributed by atoms with Gasteiger partial charge in [0.15, 0.2) is 0 Å². The van der Waals surface area contributed by atoms with Gasteiger partial charge in [0.2, 0.25) is 0 Å². The van der Waals surface area contributed by atoms with Crippen molar-refractivity contribution in [1.82, 2.24) is 4.90 Å². The van der Waals surface area contributed by atoms with E-state index in [4.69, 9.17) is 14.6 Å². The number of carbonyl (C=O) groups is 2. The Kier molecular flexibility index (Phi) is 6.22. The van der Waals surface area contributed by atoms with Gasteiger partial charge >= 0.3 is 12.1 Å². The van der Waals surface area contributed by atoms with Gasteiger partial charge in [-0.15, -0.1) is 0 Å². The zero-order valence-electron chi connectivity index (χ0n) is 13.5. The van der Waals surface area contributed by atoms with Crippen LogP contribution in [0.15, 0.2) is 24.3 Å². The number of amides is 1. The van der Waals surface area contributed by atoms with Gasteiger partial charge in [0.05, 0.1) is 13.5 Å². The highest BCUT2D eigenvalue weighted by Gasteiger charge is 2.22. The first-order valence-electron chi connectivity index (χ1n) is 7.04. The largest absolute Gasteiger partial charge is 0.497 e. The number of methoxy groups -OCH3 is 1. The fraction of sp³-hybridized carbons (Fsp3) is 0.500. The van der Waals surface area contributed by atoms with Crippen LogP contribution in [0.1, 0.15) is 32.8 Å². The molecule has 1 aromatic carbocycles. The first-order valence-corrected chi connectivity index (χ1v) is 7.04. The third kappa shape index (κ3) is 6.47. The maximum Gasteiger partial charge on any atom is 0.410 e. The van der Waals surface area contributed by atoms with Crippen molar-refractivity contribution in [3.8, 4) is 5.75 Å². The average Bonchev–Trinajstić information content (AvgIpc) is 2.41. The molecular weight excluding hydrogens is 286 g/mol. The van der Waals surface area contributed by atoms with E-state index in [0.717, 1.165) is 5.56 Å². The van der Waals surface area contributed by atoms with Crippen molar-refractivity contribution in [3.63, 3.8) is 0 Å². The van der Waals surface area contributed by atoms with E-state index in [1.54, 1.807) is 40.0 Å². The monoisotopic (exact) mass is 309 g/mol. The first-order chi connectivity index (χ1) is 10.2. The molecule has 0 radical (unpaired) electrons. The highest BCUT2D eigenvalue weighted by Crippen LogP contribution is 2.17. The molecule has 0 fully saturated rings. The van der Waals surface area contributed by atoms with Gasteiger partial charge in [-0.25, -0.2) is 4.79 Å². The lowest BCUT2D eigenvalue weighted by molar-refractivity contribution is -0.137. The molecule has 0 aliphatic carbocycles. The van der Waals surface area contributed by atoms with E-state index < -0.39 is 17.7 Å². The van der Waals surface area contributed by atoms with E-state index in [0.29, 0.717) is 5.75 Å². The Hall–Kier alpha value is -2.24. The zero-order chi connectivity index (χ0) is 16.8. The molecule has 1 N–H and O–H groups in total. The molecule has 0 saturated heterocycles. The molecule has 0 heterocycles. The summed E-state index contributed by atoms with van der Waals surface area (Å²) in [6.45, 7) is 5.66. The van der Waals surface area contributed by atoms with Crippen molar-refractivity contribution in [3.05, 3.63) is 29.8 Å². The number of aliphatic carboxylic acids is 1. The fourth-order valence-corrected chi connectivity index (χ4v) is 1.78. The number of carbonyl (C=O) groups excluding carboxylic acids is 1. The Morgan fingerprint density at radius 1 is 1.27 bits per heavy atom. The maximum atomic E-state index is 12.2. The molecule has 0 saturated carbocycles. The number of rotatable bonds is 6. The summed E-state index contributed by atoms with van der Waals surface area (Å²) in [7, 11) is 1.56. The number of hydrogen-bond acceptors (Lipinski definition) is 4. The zero-order valence-corrected chi connectivity index (χ0v) is 13.5. The van der Waals surface area contributed by atoms with E-state index in [1.807, 2.05) is 12.1 Å². The molecule has 1 aromatic rings. The normalized spacial score (nSPS) is 10.9. The Morgan fingerprint density at radius 2 is 1.95 bits per heavy atom. The molecule has 0 aliphatic heterocycles. The molecule has 6 nitrogen and oxygen atoms in total. The second kappa shape index (κ2) is 7.68. The van der Waals surface area contributed by atoms with Crippen LogP contribution in [0.5, 0.6) is 5.75 Å². The predicted octanol–water partition coefficient (Wildman–Crippen LogP) is 2.91. The van der Waals surface area contributed by atoms with Gasteiger partial charge < -0.3 is 19.5 Å². The summed E-state index contributed by atoms with van der Waals surface area (Å²) < 4.78 is 10.5. The summed E-state index contributed by atoms with van der Waals surface area (Å²) in [6, 6.07) is 7.27. The van der Waals surface area contributed by atoms with Crippen LogP contribution < -0.4 is 4.74 Å². The van der Waals surface area contributed by atoms with E-state index in [1.165, 1.54) is 4.90 Å². The summed E-state index contributed by atoms with van der Waals surface area (Å²) in [5, 5.41) is 8.83. The van der Waals surface area contributed by atoms with E-state index in [9.17, 15) is 9.59 Å². The van der Waals surface area contributed by atoms with Crippen LogP contribution in [0, 0.1) is 0 Å². The lowest BCUT2D eigenvalue weighted by atomic mass is 10.2. The van der Waals surface area contributed by atoms with Crippen molar-refractivity contribution in [1.29, 1.82) is 0 Å². The SMILES string of the molecule is COc1cccc(CN(CCC(=O)O)C(=O)OC(C)(C)C)c1. The molecule has 0 atom stereocenters. The summed E-state index contributed by atoms with van der Waals surface area (Å²) in [5.74, 6) is -0.279. The molecule has 122 valence electrons. The van der Waals surface area contributed by atoms with Gasteiger partial charge in [-0.1, -0.05) is 12.1 Å². The lowest BCUT2D eigenvalue weighted by Gasteiger charge is -2.27. The second-order valence-corrected chi connectivity index (χ2v) is 5.90. The van der Waals surface area contributed by atoms with Crippen molar-refractivity contribution in [2.75, 3.05) is 13.7 Å². The molecule has 1 amide bonds. The van der Waals surface area contributed by atoms with Gasteiger partial charge in [-0.05, 0) is 38.5 Å². The molecule has 0 bridgehead atoms. The Balaban J connectivity index is 2.84. The van der Waals surface area contributed by atoms with Crippen molar-refractivity contribution in [2.45, 2.75) is 39.3 Å². The van der Waals surface area contributed by atoms with E-state index in [2.05, 4.69) is 0 Å². The molecule has 0 aromatic heterocycles. The Labute approximate surface area is 130 Å². The lowest BCUT2D eigenvalue weighted by Crippen LogP contribution is -2.37. The number of carboxylic acids is 1. The van der Waals surface area contributed by atoms with Gasteiger partial charge in [0, 0.05) is 13.1 Å². The standard InChI is InChI=1S/C16H23NO5/c1-16(2,3)22-15(20)17(9-8-14(18)19)11-12-6-5-7-13(10-12)21-4/h5-7,10H,8-9,11H2,1-4H3,(H,18,19). The number of hydrogen-bond donors (Lipinski definition) is 1. The average molecular weight is 309 g/mol. The molecule has 22 heavy (non-hydrogen) atoms. The van der Waals surface area contributed by atoms with Crippen LogP contribution >= 0.6 is 0 Å². The first kappa shape index (κ1) is 17.8. The maximum absolute atomic E-state index is 12.2. The van der Waals surface area contributed by atoms with Gasteiger partial charge in [-0.2, -0.15) is 0 Å². The van der Waals surface area contributed by atoms with Crippen LogP contribution in [0.25, 0.3) is 0 Å². The minimum Gasteiger partial charge on any atom is -0.497 e. The van der Waals surface area contributed by atoms with Gasteiger partial charge in [0.1, 0.15) is 11.4 Å². The third-order valence-corrected chi connectivity index (χ3v) is 2.75. The van der Waals surface area contributed by atoms with Crippen LogP contribution in [0.3, 0.4) is 0 Å². The Bertz CT molecular complexity index is 522. The molecule has 0 unspecified atom stereocenters. The smallest absolute Gasteiger partial charge is 0.410 e. The van der Waals surface area contributed by atoms with Crippen molar-refractivity contribution < 1.29 is 24.2 Å². The quantitative estimate of drug-likeness (QED) is 0.874. The number of nitrogens with zero attached hydrogens (tertiary/aromatic N) is 1. The minimum atomic E-state index is -0.959. The van der Waals surface area contributed by atoms with E-state index >= 15 is 0 Å². The topological polar surface area (TPSA) is 76.1 Å². The molecule has 1 rings (SSSR count). The van der Waals surface area contributed by atoms with Gasteiger partial charge in [-0.3, -0.25) is 4.79 Å². The minimum absolute atomic E-state index is 0.0848. The fourth-order valence-electron chi connectivity index (χ4n) is 1.78. The molecule has 6 heteroatoms. The number of benzene rings is 1. The highest BCUT2D eigenvalue weighted by molar-refractivity contribution is 5.71. The summed E-state index contributed by atoms with van der Waals surface area (Å²) in [6.07, 6.45) is -0.667. The molecule has 0 spiro atoms. The third-order valence-electron chi connectivity index (χ3n) is 2.75. The van der Waals surface area contributed by atoms with Crippen molar-refractivity contribution >= 4 is 12.1 Å². The van der Waals surface area contributed by atoms with Crippen LogP contribution in [-0.4, -0.2) is 41.3 Å². The van der Waals surface area contributed by atoms with Crippen LogP contribution in [-0.2, 0) is 16.1 Å². The van der Waals surface area contributed by atoms with Crippen LogP contribution in [0.2, 0.25) is 0 Å². The molecular formula is C16H23NO5. The number of ether oxygens (including phenoxy) is 2. The Morgan fingerprint density at radius 3 is 2.50 bits per heavy atom. The predicted molar refractivity (Wildman–Crippen MR) is 81.9 cm³/mol. The summed E-state index contributed by atoms with van der Waals surface area (Å²) in [5.41, 5.74) is 0.211. The second-order valence-electron chi connectivity index (χ2n) is 5.90. The number of carboxylic acid groups (broad SMARTS) is 1. The summed E-state index contributed by atoms with van der Waals surface area (Å²) in [4.78, 5) is 24.4. The van der Waals surface area contributed by atoms with Crippen LogP contribution in [0.4, 0.5) is 4.79 Å². The molecule has 0 aliphatic rings. The van der Waals surface area contributed by atoms with E-state index in [-0.39, 0.29) is 19.5 Å². The highest BCUT2D eigenvalue weighted by atomic mass is 16.6.